The molecular formula is C24H19F3N2O3S. The van der Waals surface area contributed by atoms with Crippen molar-refractivity contribution in [1.82, 2.24) is 5.48 Å². The molecule has 1 atom stereocenters. The highest BCUT2D eigenvalue weighted by molar-refractivity contribution is 7.79. The molecule has 0 amide bonds. The second kappa shape index (κ2) is 10.0. The highest BCUT2D eigenvalue weighted by Gasteiger charge is 2.29. The van der Waals surface area contributed by atoms with E-state index in [2.05, 4.69) is 9.88 Å². The molecule has 33 heavy (non-hydrogen) atoms. The van der Waals surface area contributed by atoms with Crippen molar-refractivity contribution in [2.24, 2.45) is 4.40 Å². The van der Waals surface area contributed by atoms with Crippen LogP contribution in [-0.2, 0) is 28.1 Å². The zero-order valence-electron chi connectivity index (χ0n) is 17.2. The van der Waals surface area contributed by atoms with Crippen molar-refractivity contribution in [1.29, 1.82) is 0 Å². The third kappa shape index (κ3) is 6.30. The highest BCUT2D eigenvalue weighted by Crippen LogP contribution is 2.29. The summed E-state index contributed by atoms with van der Waals surface area (Å²) in [5.74, 6) is 1.17. The van der Waals surface area contributed by atoms with Crippen LogP contribution < -0.4 is 10.2 Å². The van der Waals surface area contributed by atoms with E-state index in [1.54, 1.807) is 12.2 Å². The number of amidine groups is 1. The zero-order valence-corrected chi connectivity index (χ0v) is 18.0. The van der Waals surface area contributed by atoms with Gasteiger partial charge in [0.2, 0.25) is 0 Å². The third-order valence-corrected chi connectivity index (χ3v) is 5.37. The molecule has 4 rings (SSSR count). The summed E-state index contributed by atoms with van der Waals surface area (Å²) in [6.45, 7) is 0.271. The lowest BCUT2D eigenvalue weighted by Gasteiger charge is -2.08. The van der Waals surface area contributed by atoms with Gasteiger partial charge in [0.1, 0.15) is 18.2 Å². The van der Waals surface area contributed by atoms with Gasteiger partial charge >= 0.3 is 17.4 Å². The predicted octanol–water partition coefficient (Wildman–Crippen LogP) is 5.52. The average Bonchev–Trinajstić information content (AvgIpc) is 3.21. The largest absolute Gasteiger partial charge is 0.490 e. The minimum atomic E-state index is -4.34. The lowest BCUT2D eigenvalue weighted by atomic mass is 10.0. The smallest absolute Gasteiger partial charge is 0.416 e. The van der Waals surface area contributed by atoms with Crippen LogP contribution in [0.5, 0.6) is 5.75 Å². The maximum Gasteiger partial charge on any atom is 0.416 e. The van der Waals surface area contributed by atoms with E-state index in [9.17, 15) is 17.4 Å². The molecule has 5 nitrogen and oxygen atoms in total. The average molecular weight is 472 g/mol. The number of hydroxylamine groups is 1. The Balaban J connectivity index is 1.37. The van der Waals surface area contributed by atoms with Gasteiger partial charge in [-0.25, -0.2) is 9.69 Å². The summed E-state index contributed by atoms with van der Waals surface area (Å²) in [5, 5.41) is 0. The fraction of sp³-hybridized carbons (Fsp3) is 0.125. The highest BCUT2D eigenvalue weighted by atomic mass is 32.2. The number of alkyl halides is 3. The van der Waals surface area contributed by atoms with Crippen molar-refractivity contribution in [3.63, 3.8) is 0 Å². The molecule has 0 radical (unpaired) electrons. The molecule has 0 fully saturated rings. The minimum absolute atomic E-state index is 0.271. The van der Waals surface area contributed by atoms with Crippen molar-refractivity contribution < 1.29 is 26.4 Å². The van der Waals surface area contributed by atoms with Crippen LogP contribution in [0.4, 0.5) is 13.2 Å². The fourth-order valence-electron chi connectivity index (χ4n) is 3.21. The standard InChI is InChI=1S/C24H19F3N2O3S/c25-24(26,27)21-11-9-17(10-12-21)5-3-13-31-22-8-2-7-20(16-22)19-6-1-4-18(14-19)15-23-28-32-33(30)29-23/h1-12,14,16H,13,15H2,(H,28,29). The Bertz CT molecular complexity index is 1210. The molecule has 1 N–H and O–H groups in total. The molecule has 3 aromatic rings. The maximum absolute atomic E-state index is 12.6. The van der Waals surface area contributed by atoms with Gasteiger partial charge < -0.3 is 4.74 Å². The summed E-state index contributed by atoms with van der Waals surface area (Å²) in [6.07, 6.45) is -0.419. The Labute approximate surface area is 191 Å². The van der Waals surface area contributed by atoms with Gasteiger partial charge in [-0.05, 0) is 52.6 Å². The van der Waals surface area contributed by atoms with E-state index in [0.717, 1.165) is 28.8 Å². The molecule has 1 heterocycles. The van der Waals surface area contributed by atoms with Crippen LogP contribution in [0.15, 0.2) is 83.3 Å². The lowest BCUT2D eigenvalue weighted by molar-refractivity contribution is -0.137. The van der Waals surface area contributed by atoms with Crippen molar-refractivity contribution in [3.8, 4) is 16.9 Å². The molecule has 3 aromatic carbocycles. The fourth-order valence-corrected chi connectivity index (χ4v) is 3.70. The molecule has 1 aliphatic rings. The lowest BCUT2D eigenvalue weighted by Crippen LogP contribution is -2.18. The quantitative estimate of drug-likeness (QED) is 0.492. The molecule has 1 unspecified atom stereocenters. The third-order valence-electron chi connectivity index (χ3n) is 4.78. The minimum Gasteiger partial charge on any atom is -0.490 e. The Morgan fingerprint density at radius 2 is 1.73 bits per heavy atom. The molecule has 1 aliphatic heterocycles. The van der Waals surface area contributed by atoms with Gasteiger partial charge in [-0.1, -0.05) is 54.6 Å². The van der Waals surface area contributed by atoms with Crippen LogP contribution in [0.3, 0.4) is 0 Å². The van der Waals surface area contributed by atoms with Crippen molar-refractivity contribution in [3.05, 3.63) is 95.6 Å². The first-order chi connectivity index (χ1) is 15.9. The molecule has 0 saturated heterocycles. The number of nitrogens with zero attached hydrogens (tertiary/aromatic N) is 1. The Kier molecular flexibility index (Phi) is 6.90. The summed E-state index contributed by atoms with van der Waals surface area (Å²) in [4.78, 5) is 0. The van der Waals surface area contributed by atoms with Gasteiger partial charge in [0, 0.05) is 6.42 Å². The van der Waals surface area contributed by atoms with Gasteiger partial charge in [0.05, 0.1) is 5.56 Å². The van der Waals surface area contributed by atoms with E-state index in [1.807, 2.05) is 48.5 Å². The Morgan fingerprint density at radius 1 is 1.00 bits per heavy atom. The van der Waals surface area contributed by atoms with Crippen LogP contribution in [0, 0.1) is 0 Å². The Morgan fingerprint density at radius 3 is 2.42 bits per heavy atom. The molecule has 0 saturated carbocycles. The predicted molar refractivity (Wildman–Crippen MR) is 121 cm³/mol. The van der Waals surface area contributed by atoms with E-state index in [0.29, 0.717) is 23.6 Å². The molecule has 0 aromatic heterocycles. The van der Waals surface area contributed by atoms with Crippen LogP contribution >= 0.6 is 0 Å². The topological polar surface area (TPSA) is 59.9 Å². The first kappa shape index (κ1) is 22.8. The van der Waals surface area contributed by atoms with E-state index in [4.69, 9.17) is 9.02 Å². The summed E-state index contributed by atoms with van der Waals surface area (Å²) in [5.41, 5.74) is 5.46. The summed E-state index contributed by atoms with van der Waals surface area (Å²) in [7, 11) is 0. The number of benzene rings is 3. The molecule has 0 spiro atoms. The Hall–Kier alpha value is -3.43. The monoisotopic (exact) mass is 472 g/mol. The van der Waals surface area contributed by atoms with Gasteiger partial charge in [-0.15, -0.1) is 4.40 Å². The van der Waals surface area contributed by atoms with Crippen molar-refractivity contribution in [2.75, 3.05) is 6.61 Å². The number of hydrogen-bond donors (Lipinski definition) is 1. The summed E-state index contributed by atoms with van der Waals surface area (Å²) in [6, 6.07) is 20.4. The van der Waals surface area contributed by atoms with Gasteiger partial charge in [-0.3, -0.25) is 0 Å². The van der Waals surface area contributed by atoms with E-state index in [1.165, 1.54) is 12.1 Å². The zero-order chi connectivity index (χ0) is 23.3. The number of nitrogens with one attached hydrogen (secondary N) is 1. The van der Waals surface area contributed by atoms with Crippen LogP contribution in [0.25, 0.3) is 17.2 Å². The molecular weight excluding hydrogens is 453 g/mol. The normalized spacial score (nSPS) is 16.0. The molecule has 0 aliphatic carbocycles. The molecule has 170 valence electrons. The van der Waals surface area contributed by atoms with Gasteiger partial charge in [0.15, 0.2) is 0 Å². The van der Waals surface area contributed by atoms with Crippen molar-refractivity contribution in [2.45, 2.75) is 12.6 Å². The van der Waals surface area contributed by atoms with Crippen LogP contribution in [0.2, 0.25) is 0 Å². The first-order valence-corrected chi connectivity index (χ1v) is 11.0. The summed E-state index contributed by atoms with van der Waals surface area (Å²) < 4.78 is 63.4. The number of halogens is 3. The number of rotatable bonds is 7. The summed E-state index contributed by atoms with van der Waals surface area (Å²) >= 11 is -1.68. The molecule has 9 heteroatoms. The van der Waals surface area contributed by atoms with Crippen LogP contribution in [0.1, 0.15) is 16.7 Å². The van der Waals surface area contributed by atoms with Crippen LogP contribution in [-0.4, -0.2) is 16.7 Å². The van der Waals surface area contributed by atoms with E-state index >= 15 is 0 Å². The van der Waals surface area contributed by atoms with E-state index < -0.39 is 23.0 Å². The SMILES string of the molecule is O=S1N=C(Cc2cccc(-c3cccc(OCC=Cc4ccc(C(F)(F)F)cc4)c3)c2)NO1. The van der Waals surface area contributed by atoms with Crippen molar-refractivity contribution >= 4 is 23.2 Å². The van der Waals surface area contributed by atoms with E-state index in [-0.39, 0.29) is 6.61 Å². The number of hydrogen-bond acceptors (Lipinski definition) is 4. The second-order valence-corrected chi connectivity index (χ2v) is 7.96. The number of ether oxygens (including phenoxy) is 1. The first-order valence-electron chi connectivity index (χ1n) is 9.95. The maximum atomic E-state index is 12.6. The molecule has 0 bridgehead atoms. The van der Waals surface area contributed by atoms with Gasteiger partial charge in [-0.2, -0.15) is 17.5 Å². The van der Waals surface area contributed by atoms with Gasteiger partial charge in [0.25, 0.3) is 0 Å². The second-order valence-electron chi connectivity index (χ2n) is 7.18.